The van der Waals surface area contributed by atoms with Crippen LogP contribution in [0, 0.1) is 6.92 Å². The standard InChI is InChI=1S/C19H21N3O4S/c1-12-6-4-5-7-15(12)20-19(27)22-21-13(2)14-8-9-16(17(10-14)25-3)26-11-18(23)24/h4-10H,11H2,1-3H3,(H,23,24)(H2,20,22,27)/p-1/b21-13-. The maximum Gasteiger partial charge on any atom is 0.191 e. The van der Waals surface area contributed by atoms with Crippen LogP contribution in [0.1, 0.15) is 18.1 Å². The van der Waals surface area contributed by atoms with Crippen molar-refractivity contribution in [3.8, 4) is 11.5 Å². The SMILES string of the molecule is COc1cc(/C(C)=N\NC(=S)Nc2ccccc2C)ccc1OCC(=O)[O-]. The Morgan fingerprint density at radius 1 is 1.22 bits per heavy atom. The number of carboxylic acid groups (broad SMARTS) is 1. The van der Waals surface area contributed by atoms with E-state index < -0.39 is 12.6 Å². The first kappa shape index (κ1) is 20.2. The Hall–Kier alpha value is -3.13. The Kier molecular flexibility index (Phi) is 7.13. The molecule has 2 aromatic carbocycles. The number of thiocarbonyl (C=S) groups is 1. The van der Waals surface area contributed by atoms with Crippen LogP contribution in [0.4, 0.5) is 5.69 Å². The van der Waals surface area contributed by atoms with Crippen molar-refractivity contribution in [1.82, 2.24) is 5.43 Å². The van der Waals surface area contributed by atoms with E-state index in [1.165, 1.54) is 7.11 Å². The summed E-state index contributed by atoms with van der Waals surface area (Å²) in [5.41, 5.74) is 6.19. The molecule has 27 heavy (non-hydrogen) atoms. The number of aryl methyl sites for hydroxylation is 1. The summed E-state index contributed by atoms with van der Waals surface area (Å²) >= 11 is 5.26. The Bertz CT molecular complexity index is 868. The molecule has 0 aromatic heterocycles. The lowest BCUT2D eigenvalue weighted by Crippen LogP contribution is -2.29. The number of hydrazone groups is 1. The average molecular weight is 386 g/mol. The molecule has 2 N–H and O–H groups in total. The first-order valence-electron chi connectivity index (χ1n) is 8.08. The number of nitrogens with zero attached hydrogens (tertiary/aromatic N) is 1. The molecule has 0 unspecified atom stereocenters. The van der Waals surface area contributed by atoms with Crippen LogP contribution in [0.15, 0.2) is 47.6 Å². The highest BCUT2D eigenvalue weighted by molar-refractivity contribution is 7.80. The minimum Gasteiger partial charge on any atom is -0.546 e. The molecular formula is C19H20N3O4S-. The predicted octanol–water partition coefficient (Wildman–Crippen LogP) is 1.84. The number of nitrogens with one attached hydrogen (secondary N) is 2. The number of carbonyl (C=O) groups excluding carboxylic acids is 1. The largest absolute Gasteiger partial charge is 0.546 e. The molecule has 2 aromatic rings. The van der Waals surface area contributed by atoms with Crippen molar-refractivity contribution in [2.24, 2.45) is 5.10 Å². The van der Waals surface area contributed by atoms with Crippen molar-refractivity contribution in [1.29, 1.82) is 0 Å². The maximum atomic E-state index is 10.5. The molecule has 0 spiro atoms. The van der Waals surface area contributed by atoms with E-state index in [1.807, 2.05) is 31.2 Å². The molecule has 0 aliphatic heterocycles. The van der Waals surface area contributed by atoms with Gasteiger partial charge in [-0.25, -0.2) is 0 Å². The topological polar surface area (TPSA) is 95.0 Å². The van der Waals surface area contributed by atoms with E-state index in [2.05, 4.69) is 15.8 Å². The Balaban J connectivity index is 2.05. The van der Waals surface area contributed by atoms with E-state index in [4.69, 9.17) is 21.7 Å². The van der Waals surface area contributed by atoms with E-state index in [0.717, 1.165) is 16.8 Å². The quantitative estimate of drug-likeness (QED) is 0.426. The number of para-hydroxylation sites is 1. The molecule has 8 heteroatoms. The lowest BCUT2D eigenvalue weighted by atomic mass is 10.1. The van der Waals surface area contributed by atoms with Gasteiger partial charge in [-0.2, -0.15) is 5.10 Å². The van der Waals surface area contributed by atoms with Gasteiger partial charge in [-0.1, -0.05) is 18.2 Å². The minimum atomic E-state index is -1.31. The second kappa shape index (κ2) is 9.54. The van der Waals surface area contributed by atoms with Gasteiger partial charge in [-0.3, -0.25) is 5.43 Å². The van der Waals surface area contributed by atoms with Crippen LogP contribution in [-0.4, -0.2) is 30.5 Å². The van der Waals surface area contributed by atoms with Gasteiger partial charge in [0.05, 0.1) is 18.8 Å². The van der Waals surface area contributed by atoms with Crippen LogP contribution in [0.2, 0.25) is 0 Å². The summed E-state index contributed by atoms with van der Waals surface area (Å²) in [6.45, 7) is 3.23. The summed E-state index contributed by atoms with van der Waals surface area (Å²) in [4.78, 5) is 10.5. The van der Waals surface area contributed by atoms with Crippen LogP contribution in [0.5, 0.6) is 11.5 Å². The van der Waals surface area contributed by atoms with Crippen LogP contribution < -0.4 is 25.3 Å². The zero-order chi connectivity index (χ0) is 19.8. The van der Waals surface area contributed by atoms with Crippen LogP contribution in [0.3, 0.4) is 0 Å². The van der Waals surface area contributed by atoms with E-state index in [9.17, 15) is 9.90 Å². The highest BCUT2D eigenvalue weighted by atomic mass is 32.1. The molecular weight excluding hydrogens is 366 g/mol. The first-order valence-corrected chi connectivity index (χ1v) is 8.49. The molecule has 0 aliphatic rings. The lowest BCUT2D eigenvalue weighted by Gasteiger charge is -2.13. The molecule has 0 heterocycles. The van der Waals surface area contributed by atoms with Gasteiger partial charge in [-0.15, -0.1) is 0 Å². The van der Waals surface area contributed by atoms with Gasteiger partial charge in [0, 0.05) is 11.3 Å². The Morgan fingerprint density at radius 3 is 2.63 bits per heavy atom. The summed E-state index contributed by atoms with van der Waals surface area (Å²) in [5, 5.41) is 18.2. The molecule has 0 amide bonds. The molecule has 142 valence electrons. The summed E-state index contributed by atoms with van der Waals surface area (Å²) in [7, 11) is 1.47. The number of carbonyl (C=O) groups is 1. The fourth-order valence-corrected chi connectivity index (χ4v) is 2.37. The van der Waals surface area contributed by atoms with Crippen molar-refractivity contribution in [2.75, 3.05) is 19.0 Å². The van der Waals surface area contributed by atoms with Crippen molar-refractivity contribution in [3.63, 3.8) is 0 Å². The van der Waals surface area contributed by atoms with Gasteiger partial charge in [-0.05, 0) is 55.9 Å². The Morgan fingerprint density at radius 2 is 1.96 bits per heavy atom. The third-order valence-corrected chi connectivity index (χ3v) is 3.84. The number of anilines is 1. The van der Waals surface area contributed by atoms with Crippen molar-refractivity contribution < 1.29 is 19.4 Å². The molecule has 0 saturated heterocycles. The lowest BCUT2D eigenvalue weighted by molar-refractivity contribution is -0.307. The number of benzene rings is 2. The smallest absolute Gasteiger partial charge is 0.191 e. The summed E-state index contributed by atoms with van der Waals surface area (Å²) < 4.78 is 10.4. The van der Waals surface area contributed by atoms with Crippen molar-refractivity contribution >= 4 is 34.7 Å². The summed E-state index contributed by atoms with van der Waals surface area (Å²) in [5.74, 6) is -0.607. The third kappa shape index (κ3) is 5.96. The van der Waals surface area contributed by atoms with Gasteiger partial charge in [0.25, 0.3) is 0 Å². The van der Waals surface area contributed by atoms with E-state index in [0.29, 0.717) is 22.3 Å². The second-order valence-electron chi connectivity index (χ2n) is 5.60. The molecule has 0 bridgehead atoms. The second-order valence-corrected chi connectivity index (χ2v) is 6.01. The Labute approximate surface area is 163 Å². The number of hydrogen-bond acceptors (Lipinski definition) is 6. The molecule has 2 rings (SSSR count). The minimum absolute atomic E-state index is 0.308. The number of ether oxygens (including phenoxy) is 2. The zero-order valence-corrected chi connectivity index (χ0v) is 16.1. The number of methoxy groups -OCH3 is 1. The van der Waals surface area contributed by atoms with Crippen molar-refractivity contribution in [2.45, 2.75) is 13.8 Å². The monoisotopic (exact) mass is 386 g/mol. The summed E-state index contributed by atoms with van der Waals surface area (Å²) in [6, 6.07) is 12.8. The zero-order valence-electron chi connectivity index (χ0n) is 15.2. The third-order valence-electron chi connectivity index (χ3n) is 3.65. The molecule has 0 atom stereocenters. The van der Waals surface area contributed by atoms with Crippen LogP contribution >= 0.6 is 12.2 Å². The van der Waals surface area contributed by atoms with Crippen LogP contribution in [0.25, 0.3) is 0 Å². The number of hydrogen-bond donors (Lipinski definition) is 2. The van der Waals surface area contributed by atoms with E-state index in [1.54, 1.807) is 25.1 Å². The van der Waals surface area contributed by atoms with Gasteiger partial charge in [0.2, 0.25) is 0 Å². The highest BCUT2D eigenvalue weighted by Gasteiger charge is 2.08. The average Bonchev–Trinajstić information content (AvgIpc) is 2.66. The van der Waals surface area contributed by atoms with Gasteiger partial charge >= 0.3 is 0 Å². The maximum absolute atomic E-state index is 10.5. The predicted molar refractivity (Wildman–Crippen MR) is 106 cm³/mol. The van der Waals surface area contributed by atoms with Gasteiger partial charge < -0.3 is 24.7 Å². The highest BCUT2D eigenvalue weighted by Crippen LogP contribution is 2.28. The number of carboxylic acids is 1. The fourth-order valence-electron chi connectivity index (χ4n) is 2.21. The summed E-state index contributed by atoms with van der Waals surface area (Å²) in [6.07, 6.45) is 0. The molecule has 7 nitrogen and oxygen atoms in total. The number of rotatable bonds is 7. The normalized spacial score (nSPS) is 10.9. The van der Waals surface area contributed by atoms with Crippen molar-refractivity contribution in [3.05, 3.63) is 53.6 Å². The molecule has 0 fully saturated rings. The molecule has 0 saturated carbocycles. The first-order chi connectivity index (χ1) is 12.9. The fraction of sp³-hybridized carbons (Fsp3) is 0.211. The van der Waals surface area contributed by atoms with Gasteiger partial charge in [0.1, 0.15) is 6.61 Å². The van der Waals surface area contributed by atoms with E-state index in [-0.39, 0.29) is 0 Å². The van der Waals surface area contributed by atoms with Gasteiger partial charge in [0.15, 0.2) is 16.6 Å². The molecule has 0 aliphatic carbocycles. The van der Waals surface area contributed by atoms with Crippen LogP contribution in [-0.2, 0) is 4.79 Å². The van der Waals surface area contributed by atoms with E-state index >= 15 is 0 Å². The molecule has 0 radical (unpaired) electrons. The number of aliphatic carboxylic acids is 1.